The quantitative estimate of drug-likeness (QED) is 0.203. The first-order chi connectivity index (χ1) is 21.1. The summed E-state index contributed by atoms with van der Waals surface area (Å²) in [6, 6.07) is 8.11. The summed E-state index contributed by atoms with van der Waals surface area (Å²) in [5.74, 6) is -3.71. The molecule has 0 aliphatic carbocycles. The number of likely N-dealkylation sites (tertiary alicyclic amines) is 1. The summed E-state index contributed by atoms with van der Waals surface area (Å²) in [6.45, 7) is 6.80. The van der Waals surface area contributed by atoms with Crippen molar-refractivity contribution in [1.82, 2.24) is 19.9 Å². The number of hydrogen-bond acceptors (Lipinski definition) is 8. The molecule has 1 saturated heterocycles. The molecule has 15 heteroatoms. The molecule has 2 aromatic carbocycles. The standard InChI is InChI=1S/C30H31F3N6O4S2/c1-29(2,3)16-30(11-14-39(15-12-30)28(40)41)26-37-23(24(44-26)21-10-13-35-27(34)36-21)17-6-4-9-20(22(17)33)38-45(42,43)25-18(31)7-5-8-19(25)32/h4-10,13,38H,11-12,14-16H2,1-3H3,(H,40,41)(H2,34,35,36). The zero-order valence-electron chi connectivity index (χ0n) is 24.6. The van der Waals surface area contributed by atoms with E-state index in [4.69, 9.17) is 10.7 Å². The zero-order valence-corrected chi connectivity index (χ0v) is 26.3. The second kappa shape index (κ2) is 11.9. The molecule has 10 nitrogen and oxygen atoms in total. The molecular weight excluding hydrogens is 629 g/mol. The number of nitrogen functional groups attached to an aromatic ring is 1. The number of nitrogens with zero attached hydrogens (tertiary/aromatic N) is 4. The third-order valence-electron chi connectivity index (χ3n) is 7.53. The maximum atomic E-state index is 16.3. The molecule has 0 spiro atoms. The van der Waals surface area contributed by atoms with Crippen molar-refractivity contribution < 1.29 is 31.5 Å². The smallest absolute Gasteiger partial charge is 0.407 e. The molecule has 5 rings (SSSR count). The Bertz CT molecular complexity index is 1850. The lowest BCUT2D eigenvalue weighted by molar-refractivity contribution is 0.101. The summed E-state index contributed by atoms with van der Waals surface area (Å²) in [5, 5.41) is 10.2. The van der Waals surface area contributed by atoms with Gasteiger partial charge in [0.1, 0.15) is 16.6 Å². The highest BCUT2D eigenvalue weighted by Crippen LogP contribution is 2.49. The van der Waals surface area contributed by atoms with Gasteiger partial charge in [0.05, 0.1) is 22.0 Å². The van der Waals surface area contributed by atoms with Crippen molar-refractivity contribution in [3.8, 4) is 21.8 Å². The van der Waals surface area contributed by atoms with Gasteiger partial charge in [0.25, 0.3) is 10.0 Å². The SMILES string of the molecule is CC(C)(C)CC1(c2nc(-c3cccc(NS(=O)(=O)c4c(F)cccc4F)c3F)c(-c3ccnc(N)n3)s2)CCN(C(=O)O)CC1. The van der Waals surface area contributed by atoms with Gasteiger partial charge in [0.2, 0.25) is 5.95 Å². The second-order valence-corrected chi connectivity index (χ2v) is 14.7. The van der Waals surface area contributed by atoms with Crippen LogP contribution in [0.15, 0.2) is 53.6 Å². The maximum absolute atomic E-state index is 16.3. The van der Waals surface area contributed by atoms with Gasteiger partial charge in [-0.05, 0) is 55.0 Å². The Balaban J connectivity index is 1.65. The average molecular weight is 661 g/mol. The molecule has 4 aromatic rings. The molecule has 238 valence electrons. The van der Waals surface area contributed by atoms with Gasteiger partial charge >= 0.3 is 6.09 Å². The minimum atomic E-state index is -4.87. The van der Waals surface area contributed by atoms with Crippen LogP contribution in [-0.4, -0.2) is 52.6 Å². The van der Waals surface area contributed by atoms with Crippen LogP contribution in [0.2, 0.25) is 0 Å². The molecular formula is C30H31F3N6O4S2. The molecule has 45 heavy (non-hydrogen) atoms. The van der Waals surface area contributed by atoms with Crippen molar-refractivity contribution in [3.05, 3.63) is 71.1 Å². The van der Waals surface area contributed by atoms with Crippen molar-refractivity contribution in [2.45, 2.75) is 50.3 Å². The fourth-order valence-corrected chi connectivity index (χ4v) is 8.23. The molecule has 1 fully saturated rings. The number of thiazole rings is 1. The van der Waals surface area contributed by atoms with Crippen LogP contribution in [0.25, 0.3) is 21.8 Å². The first-order valence-corrected chi connectivity index (χ1v) is 16.2. The minimum Gasteiger partial charge on any atom is -0.465 e. The Morgan fingerprint density at radius 2 is 1.71 bits per heavy atom. The van der Waals surface area contributed by atoms with E-state index in [1.807, 2.05) is 4.72 Å². The van der Waals surface area contributed by atoms with Crippen molar-refractivity contribution in [2.75, 3.05) is 23.5 Å². The van der Waals surface area contributed by atoms with Crippen LogP contribution < -0.4 is 10.5 Å². The van der Waals surface area contributed by atoms with Crippen LogP contribution >= 0.6 is 11.3 Å². The summed E-state index contributed by atoms with van der Waals surface area (Å²) in [6.07, 6.45) is 2.05. The molecule has 0 atom stereocenters. The number of amides is 1. The van der Waals surface area contributed by atoms with Crippen LogP contribution in [0, 0.1) is 22.9 Å². The lowest BCUT2D eigenvalue weighted by atomic mass is 9.68. The third kappa shape index (κ3) is 6.59. The van der Waals surface area contributed by atoms with Crippen LogP contribution in [-0.2, 0) is 15.4 Å². The van der Waals surface area contributed by atoms with Gasteiger partial charge in [-0.3, -0.25) is 4.72 Å². The number of nitrogens with one attached hydrogen (secondary N) is 1. The second-order valence-electron chi connectivity index (χ2n) is 12.1. The number of carbonyl (C=O) groups is 1. The zero-order chi connectivity index (χ0) is 32.7. The lowest BCUT2D eigenvalue weighted by Crippen LogP contribution is -2.46. The van der Waals surface area contributed by atoms with Gasteiger partial charge < -0.3 is 15.7 Å². The van der Waals surface area contributed by atoms with Gasteiger partial charge in [-0.2, -0.15) is 0 Å². The molecule has 1 amide bonds. The van der Waals surface area contributed by atoms with E-state index in [0.29, 0.717) is 34.8 Å². The number of hydrogen-bond donors (Lipinski definition) is 3. The summed E-state index contributed by atoms with van der Waals surface area (Å²) in [4.78, 5) is 25.5. The van der Waals surface area contributed by atoms with Crippen molar-refractivity contribution in [2.24, 2.45) is 5.41 Å². The first kappa shape index (κ1) is 32.2. The van der Waals surface area contributed by atoms with Crippen LogP contribution in [0.4, 0.5) is 29.6 Å². The van der Waals surface area contributed by atoms with E-state index in [-0.39, 0.29) is 35.7 Å². The number of piperidine rings is 1. The predicted octanol–water partition coefficient (Wildman–Crippen LogP) is 6.52. The molecule has 0 saturated carbocycles. The normalized spacial score (nSPS) is 15.2. The van der Waals surface area contributed by atoms with Crippen molar-refractivity contribution in [1.29, 1.82) is 0 Å². The maximum Gasteiger partial charge on any atom is 0.407 e. The first-order valence-electron chi connectivity index (χ1n) is 13.9. The monoisotopic (exact) mass is 660 g/mol. The van der Waals surface area contributed by atoms with Crippen LogP contribution in [0.5, 0.6) is 0 Å². The van der Waals surface area contributed by atoms with Gasteiger partial charge in [-0.25, -0.2) is 41.3 Å². The van der Waals surface area contributed by atoms with Gasteiger partial charge in [0.15, 0.2) is 10.7 Å². The highest BCUT2D eigenvalue weighted by molar-refractivity contribution is 7.92. The summed E-state index contributed by atoms with van der Waals surface area (Å²) in [7, 11) is -4.87. The number of rotatable bonds is 7. The minimum absolute atomic E-state index is 0.0264. The van der Waals surface area contributed by atoms with Gasteiger partial charge in [-0.1, -0.05) is 32.9 Å². The fourth-order valence-electron chi connectivity index (χ4n) is 5.74. The highest BCUT2D eigenvalue weighted by atomic mass is 32.2. The molecule has 3 heterocycles. The summed E-state index contributed by atoms with van der Waals surface area (Å²) in [5.41, 5.74) is 5.02. The summed E-state index contributed by atoms with van der Waals surface area (Å²) < 4.78 is 72.9. The van der Waals surface area contributed by atoms with E-state index < -0.39 is 49.6 Å². The number of benzene rings is 2. The van der Waals surface area contributed by atoms with E-state index in [9.17, 15) is 27.1 Å². The van der Waals surface area contributed by atoms with Crippen molar-refractivity contribution in [3.63, 3.8) is 0 Å². The van der Waals surface area contributed by atoms with Gasteiger partial charge in [-0.15, -0.1) is 11.3 Å². The molecule has 2 aromatic heterocycles. The van der Waals surface area contributed by atoms with E-state index in [2.05, 4.69) is 30.7 Å². The highest BCUT2D eigenvalue weighted by Gasteiger charge is 2.43. The lowest BCUT2D eigenvalue weighted by Gasteiger charge is -2.43. The molecule has 4 N–H and O–H groups in total. The number of aromatic nitrogens is 3. The predicted molar refractivity (Wildman–Crippen MR) is 165 cm³/mol. The fraction of sp³-hybridized carbons (Fsp3) is 0.333. The number of sulfonamides is 1. The number of anilines is 2. The van der Waals surface area contributed by atoms with Crippen LogP contribution in [0.3, 0.4) is 0 Å². The molecule has 1 aliphatic heterocycles. The van der Waals surface area contributed by atoms with E-state index in [1.165, 1.54) is 34.6 Å². The average Bonchev–Trinajstić information content (AvgIpc) is 3.39. The Kier molecular flexibility index (Phi) is 8.53. The molecule has 0 unspecified atom stereocenters. The van der Waals surface area contributed by atoms with E-state index in [0.717, 1.165) is 24.3 Å². The Morgan fingerprint density at radius 1 is 1.07 bits per heavy atom. The van der Waals surface area contributed by atoms with E-state index in [1.54, 1.807) is 6.07 Å². The Labute approximate surface area is 262 Å². The third-order valence-corrected chi connectivity index (χ3v) is 10.3. The van der Waals surface area contributed by atoms with Crippen LogP contribution in [0.1, 0.15) is 45.0 Å². The molecule has 0 radical (unpaired) electrons. The number of nitrogens with two attached hydrogens (primary N) is 1. The topological polar surface area (TPSA) is 151 Å². The number of carboxylic acid groups (broad SMARTS) is 1. The van der Waals surface area contributed by atoms with E-state index >= 15 is 4.39 Å². The molecule has 1 aliphatic rings. The van der Waals surface area contributed by atoms with Gasteiger partial charge in [0, 0.05) is 30.3 Å². The summed E-state index contributed by atoms with van der Waals surface area (Å²) >= 11 is 1.27. The number of halogens is 3. The Hall–Kier alpha value is -4.24. The Morgan fingerprint density at radius 3 is 2.31 bits per heavy atom. The van der Waals surface area contributed by atoms with Crippen molar-refractivity contribution >= 4 is 39.1 Å². The molecule has 0 bridgehead atoms. The largest absolute Gasteiger partial charge is 0.465 e.